The highest BCUT2D eigenvalue weighted by atomic mass is 15.2. The summed E-state index contributed by atoms with van der Waals surface area (Å²) in [5, 5.41) is 8.17. The smallest absolute Gasteiger partial charge is 0.0777 e. The Hall–Kier alpha value is -1.70. The Bertz CT molecular complexity index is 437. The van der Waals surface area contributed by atoms with Crippen LogP contribution < -0.4 is 0 Å². The standard InChI is InChI=1S/C12H10N2/c1-2-7-12-8-9-13-14-11(12)6-3-5-10(12)4-1/h1-7,9H,8H2. The molecule has 1 atom stereocenters. The molecule has 0 radical (unpaired) electrons. The third kappa shape index (κ3) is 0.854. The molecule has 0 N–H and O–H groups in total. The van der Waals surface area contributed by atoms with Crippen molar-refractivity contribution in [1.29, 1.82) is 0 Å². The maximum absolute atomic E-state index is 4.20. The van der Waals surface area contributed by atoms with Gasteiger partial charge in [0, 0.05) is 12.6 Å². The molecule has 0 saturated heterocycles. The summed E-state index contributed by atoms with van der Waals surface area (Å²) < 4.78 is 0. The van der Waals surface area contributed by atoms with Crippen LogP contribution in [0.2, 0.25) is 0 Å². The fourth-order valence-electron chi connectivity index (χ4n) is 2.15. The van der Waals surface area contributed by atoms with Crippen LogP contribution in [-0.4, -0.2) is 11.9 Å². The largest absolute Gasteiger partial charge is 0.163 e. The summed E-state index contributed by atoms with van der Waals surface area (Å²) in [6.07, 6.45) is 17.6. The minimum Gasteiger partial charge on any atom is -0.163 e. The van der Waals surface area contributed by atoms with E-state index in [9.17, 15) is 0 Å². The van der Waals surface area contributed by atoms with Crippen LogP contribution in [0, 0.1) is 5.41 Å². The first kappa shape index (κ1) is 7.68. The lowest BCUT2D eigenvalue weighted by atomic mass is 9.69. The molecule has 1 unspecified atom stereocenters. The Balaban J connectivity index is 2.22. The molecule has 2 nitrogen and oxygen atoms in total. The molecule has 0 aromatic heterocycles. The van der Waals surface area contributed by atoms with Crippen molar-refractivity contribution in [3.8, 4) is 0 Å². The summed E-state index contributed by atoms with van der Waals surface area (Å²) in [5.41, 5.74) is 2.34. The van der Waals surface area contributed by atoms with Gasteiger partial charge in [0.1, 0.15) is 0 Å². The van der Waals surface area contributed by atoms with Crippen molar-refractivity contribution in [2.45, 2.75) is 6.42 Å². The van der Waals surface area contributed by atoms with Gasteiger partial charge in [-0.3, -0.25) is 0 Å². The van der Waals surface area contributed by atoms with Gasteiger partial charge in [-0.1, -0.05) is 36.5 Å². The SMILES string of the molecule is C1=CC2=CC=CC3=NN=CCC23C=C1. The topological polar surface area (TPSA) is 24.7 Å². The lowest BCUT2D eigenvalue weighted by molar-refractivity contribution is 0.664. The fourth-order valence-corrected chi connectivity index (χ4v) is 2.15. The number of rotatable bonds is 0. The van der Waals surface area contributed by atoms with E-state index in [0.717, 1.165) is 12.1 Å². The molecule has 0 saturated carbocycles. The van der Waals surface area contributed by atoms with Crippen molar-refractivity contribution in [2.75, 3.05) is 0 Å². The third-order valence-corrected chi connectivity index (χ3v) is 2.93. The predicted octanol–water partition coefficient (Wildman–Crippen LogP) is 2.43. The first-order valence-electron chi connectivity index (χ1n) is 4.76. The van der Waals surface area contributed by atoms with Gasteiger partial charge < -0.3 is 0 Å². The lowest BCUT2D eigenvalue weighted by Gasteiger charge is -2.35. The highest BCUT2D eigenvalue weighted by Crippen LogP contribution is 2.41. The van der Waals surface area contributed by atoms with Gasteiger partial charge in [-0.15, -0.1) is 0 Å². The zero-order valence-electron chi connectivity index (χ0n) is 7.72. The molecule has 1 heterocycles. The van der Waals surface area contributed by atoms with E-state index >= 15 is 0 Å². The number of hydrogen-bond donors (Lipinski definition) is 0. The minimum atomic E-state index is -0.0226. The maximum atomic E-state index is 4.20. The Morgan fingerprint density at radius 1 is 1.14 bits per heavy atom. The van der Waals surface area contributed by atoms with Crippen molar-refractivity contribution in [1.82, 2.24) is 0 Å². The zero-order valence-corrected chi connectivity index (χ0v) is 7.72. The molecule has 1 aliphatic heterocycles. The van der Waals surface area contributed by atoms with E-state index in [0.29, 0.717) is 0 Å². The van der Waals surface area contributed by atoms with Gasteiger partial charge in [-0.05, 0) is 11.6 Å². The molecule has 0 fully saturated rings. The van der Waals surface area contributed by atoms with E-state index in [1.807, 2.05) is 18.4 Å². The number of hydrogen-bond acceptors (Lipinski definition) is 2. The van der Waals surface area contributed by atoms with Gasteiger partial charge in [0.25, 0.3) is 0 Å². The number of allylic oxidation sites excluding steroid dienone is 8. The van der Waals surface area contributed by atoms with E-state index in [2.05, 4.69) is 40.6 Å². The normalized spacial score (nSPS) is 32.0. The van der Waals surface area contributed by atoms with Crippen molar-refractivity contribution < 1.29 is 0 Å². The summed E-state index contributed by atoms with van der Waals surface area (Å²) in [5.74, 6) is 0. The molecule has 0 amide bonds. The average molecular weight is 182 g/mol. The van der Waals surface area contributed by atoms with Crippen molar-refractivity contribution in [2.24, 2.45) is 15.6 Å². The van der Waals surface area contributed by atoms with Crippen LogP contribution in [0.1, 0.15) is 6.42 Å². The molecule has 0 aromatic carbocycles. The monoisotopic (exact) mass is 182 g/mol. The molecule has 0 bridgehead atoms. The second-order valence-electron chi connectivity index (χ2n) is 3.66. The summed E-state index contributed by atoms with van der Waals surface area (Å²) >= 11 is 0. The minimum absolute atomic E-state index is 0.0226. The van der Waals surface area contributed by atoms with Gasteiger partial charge in [-0.2, -0.15) is 10.2 Å². The van der Waals surface area contributed by atoms with Gasteiger partial charge in [-0.25, -0.2) is 0 Å². The summed E-state index contributed by atoms with van der Waals surface area (Å²) in [6.45, 7) is 0. The maximum Gasteiger partial charge on any atom is 0.0777 e. The van der Waals surface area contributed by atoms with Crippen LogP contribution in [0.3, 0.4) is 0 Å². The van der Waals surface area contributed by atoms with Crippen molar-refractivity contribution in [3.63, 3.8) is 0 Å². The van der Waals surface area contributed by atoms with Gasteiger partial charge in [0.2, 0.25) is 0 Å². The predicted molar refractivity (Wildman–Crippen MR) is 58.5 cm³/mol. The molecule has 1 spiro atoms. The molecular weight excluding hydrogens is 172 g/mol. The van der Waals surface area contributed by atoms with Gasteiger partial charge in [0.05, 0.1) is 11.1 Å². The van der Waals surface area contributed by atoms with Crippen LogP contribution in [-0.2, 0) is 0 Å². The molecule has 2 aliphatic carbocycles. The molecule has 0 aromatic rings. The Morgan fingerprint density at radius 3 is 3.14 bits per heavy atom. The highest BCUT2D eigenvalue weighted by Gasteiger charge is 2.37. The van der Waals surface area contributed by atoms with Gasteiger partial charge in [0.15, 0.2) is 0 Å². The first-order chi connectivity index (χ1) is 6.92. The van der Waals surface area contributed by atoms with E-state index in [-0.39, 0.29) is 5.41 Å². The zero-order chi connectivity index (χ0) is 9.43. The average Bonchev–Trinajstić information content (AvgIpc) is 2.26. The van der Waals surface area contributed by atoms with E-state index < -0.39 is 0 Å². The van der Waals surface area contributed by atoms with Gasteiger partial charge >= 0.3 is 0 Å². The molecule has 14 heavy (non-hydrogen) atoms. The summed E-state index contributed by atoms with van der Waals surface area (Å²) in [6, 6.07) is 0. The van der Waals surface area contributed by atoms with Crippen molar-refractivity contribution >= 4 is 11.9 Å². The Morgan fingerprint density at radius 2 is 2.14 bits per heavy atom. The molecule has 68 valence electrons. The van der Waals surface area contributed by atoms with Crippen LogP contribution in [0.15, 0.2) is 58.3 Å². The van der Waals surface area contributed by atoms with Crippen LogP contribution >= 0.6 is 0 Å². The van der Waals surface area contributed by atoms with Crippen LogP contribution in [0.5, 0.6) is 0 Å². The molecule has 2 heteroatoms. The lowest BCUT2D eigenvalue weighted by Crippen LogP contribution is -2.34. The van der Waals surface area contributed by atoms with Crippen molar-refractivity contribution in [3.05, 3.63) is 48.1 Å². The third-order valence-electron chi connectivity index (χ3n) is 2.93. The fraction of sp³-hybridized carbons (Fsp3) is 0.167. The highest BCUT2D eigenvalue weighted by molar-refractivity contribution is 6.07. The Kier molecular flexibility index (Phi) is 1.45. The number of nitrogens with zero attached hydrogens (tertiary/aromatic N) is 2. The second-order valence-corrected chi connectivity index (χ2v) is 3.66. The molecule has 3 aliphatic rings. The second kappa shape index (κ2) is 2.64. The Labute approximate surface area is 82.7 Å². The van der Waals surface area contributed by atoms with E-state index in [1.54, 1.807) is 0 Å². The van der Waals surface area contributed by atoms with E-state index in [4.69, 9.17) is 0 Å². The first-order valence-corrected chi connectivity index (χ1v) is 4.76. The molecular formula is C12H10N2. The summed E-state index contributed by atoms with van der Waals surface area (Å²) in [4.78, 5) is 0. The quantitative estimate of drug-likeness (QED) is 0.549. The molecule has 3 rings (SSSR count). The van der Waals surface area contributed by atoms with Crippen LogP contribution in [0.4, 0.5) is 0 Å². The van der Waals surface area contributed by atoms with Crippen LogP contribution in [0.25, 0.3) is 0 Å². The van der Waals surface area contributed by atoms with E-state index in [1.165, 1.54) is 5.57 Å². The summed E-state index contributed by atoms with van der Waals surface area (Å²) in [7, 11) is 0.